The molecule has 236 valence electrons. The Labute approximate surface area is 281 Å². The average Bonchev–Trinajstić information content (AvgIpc) is 3.68. The maximum Gasteiger partial charge on any atom is 0.301 e. The summed E-state index contributed by atoms with van der Waals surface area (Å²) in [6, 6.07) is 30.8. The minimum atomic E-state index is -0.944. The molecule has 1 aliphatic heterocycles. The van der Waals surface area contributed by atoms with Crippen LogP contribution < -0.4 is 14.4 Å². The summed E-state index contributed by atoms with van der Waals surface area (Å²) in [5.74, 6) is -0.0233. The van der Waals surface area contributed by atoms with Crippen molar-refractivity contribution in [2.45, 2.75) is 29.7 Å². The van der Waals surface area contributed by atoms with Crippen molar-refractivity contribution in [2.75, 3.05) is 11.5 Å². The molecule has 1 saturated heterocycles. The number of aliphatic hydroxyl groups excluding tert-OH is 1. The molecule has 10 heteroatoms. The maximum absolute atomic E-state index is 13.7. The van der Waals surface area contributed by atoms with Gasteiger partial charge >= 0.3 is 5.91 Å². The number of hydrogen-bond donors (Lipinski definition) is 1. The second-order valence-electron chi connectivity index (χ2n) is 10.7. The number of nitrogens with zero attached hydrogens (tertiary/aromatic N) is 3. The van der Waals surface area contributed by atoms with E-state index in [1.54, 1.807) is 54.6 Å². The predicted molar refractivity (Wildman–Crippen MR) is 185 cm³/mol. The number of ether oxygens (including phenoxy) is 2. The van der Waals surface area contributed by atoms with Gasteiger partial charge in [-0.15, -0.1) is 10.2 Å². The highest BCUT2D eigenvalue weighted by atomic mass is 32.2. The topological polar surface area (TPSA) is 102 Å². The fraction of sp³-hybridized carbons (Fsp3) is 0.135. The zero-order valence-corrected chi connectivity index (χ0v) is 27.2. The number of Topliss-reactive ketones (excluding diaryl/α,β-unsaturated/α-hetero) is 1. The molecule has 2 heterocycles. The van der Waals surface area contributed by atoms with Crippen LogP contribution in [0.4, 0.5) is 5.13 Å². The third kappa shape index (κ3) is 7.14. The zero-order valence-electron chi connectivity index (χ0n) is 25.5. The zero-order chi connectivity index (χ0) is 32.8. The predicted octanol–water partition coefficient (Wildman–Crippen LogP) is 7.91. The molecule has 1 fully saturated rings. The van der Waals surface area contributed by atoms with E-state index in [2.05, 4.69) is 16.8 Å². The quantitative estimate of drug-likeness (QED) is 0.0360. The standard InChI is InChI=1S/C37H31N3O5S2/c1-3-21-44-29-17-13-26(14-18-29)32-31(33(41)27-15-19-30(20-16-27)45-22-28-12-8-7-9-24(28)2)34(42)35(43)40(32)36-38-39-37(47-36)46-23-25-10-5-4-6-11-25/h3-20,32,41H,1,21-23H2,2H3. The molecule has 0 aliphatic carbocycles. The van der Waals surface area contributed by atoms with Gasteiger partial charge in [-0.2, -0.15) is 0 Å². The largest absolute Gasteiger partial charge is 0.507 e. The van der Waals surface area contributed by atoms with Gasteiger partial charge in [0.1, 0.15) is 30.5 Å². The van der Waals surface area contributed by atoms with Crippen molar-refractivity contribution in [1.82, 2.24) is 10.2 Å². The normalized spacial score (nSPS) is 15.5. The molecule has 8 nitrogen and oxygen atoms in total. The number of anilines is 1. The van der Waals surface area contributed by atoms with Crippen molar-refractivity contribution < 1.29 is 24.2 Å². The molecule has 1 unspecified atom stereocenters. The van der Waals surface area contributed by atoms with Crippen LogP contribution in [0.2, 0.25) is 0 Å². The smallest absolute Gasteiger partial charge is 0.301 e. The van der Waals surface area contributed by atoms with Crippen molar-refractivity contribution in [2.24, 2.45) is 0 Å². The summed E-state index contributed by atoms with van der Waals surface area (Å²) in [6.45, 7) is 6.43. The Morgan fingerprint density at radius 2 is 1.60 bits per heavy atom. The average molecular weight is 662 g/mol. The van der Waals surface area contributed by atoms with Crippen LogP contribution >= 0.6 is 23.1 Å². The van der Waals surface area contributed by atoms with Gasteiger partial charge in [0.05, 0.1) is 11.6 Å². The van der Waals surface area contributed by atoms with Gasteiger partial charge in [-0.05, 0) is 65.6 Å². The van der Waals surface area contributed by atoms with Crippen LogP contribution in [-0.2, 0) is 21.9 Å². The van der Waals surface area contributed by atoms with E-state index in [9.17, 15) is 14.7 Å². The molecule has 4 aromatic carbocycles. The number of carbonyl (C=O) groups is 2. The molecule has 1 atom stereocenters. The second-order valence-corrected chi connectivity index (χ2v) is 12.9. The highest BCUT2D eigenvalue weighted by Gasteiger charge is 2.48. The Kier molecular flexibility index (Phi) is 9.80. The Morgan fingerprint density at radius 1 is 0.915 bits per heavy atom. The molecular formula is C37H31N3O5S2. The van der Waals surface area contributed by atoms with E-state index >= 15 is 0 Å². The molecule has 1 amide bonds. The van der Waals surface area contributed by atoms with Crippen LogP contribution in [0.3, 0.4) is 0 Å². The number of rotatable bonds is 12. The molecule has 0 spiro atoms. The Balaban J connectivity index is 1.31. The molecule has 1 aliphatic rings. The number of amides is 1. The van der Waals surface area contributed by atoms with E-state index in [-0.39, 0.29) is 16.5 Å². The number of benzene rings is 4. The number of hydrogen-bond acceptors (Lipinski definition) is 9. The van der Waals surface area contributed by atoms with Crippen molar-refractivity contribution in [3.63, 3.8) is 0 Å². The van der Waals surface area contributed by atoms with E-state index in [0.717, 1.165) is 16.7 Å². The van der Waals surface area contributed by atoms with Crippen LogP contribution in [-0.4, -0.2) is 33.6 Å². The van der Waals surface area contributed by atoms with Gasteiger partial charge in [-0.25, -0.2) is 0 Å². The van der Waals surface area contributed by atoms with Crippen molar-refractivity contribution in [3.8, 4) is 11.5 Å². The first-order valence-corrected chi connectivity index (χ1v) is 16.7. The SMILES string of the molecule is C=CCOc1ccc(C2C(=C(O)c3ccc(OCc4ccccc4C)cc3)C(=O)C(=O)N2c2nnc(SCc3ccccc3)s2)cc1. The Bertz CT molecular complexity index is 1920. The van der Waals surface area contributed by atoms with E-state index in [1.165, 1.54) is 28.0 Å². The number of aryl methyl sites for hydroxylation is 1. The number of carbonyl (C=O) groups excluding carboxylic acids is 2. The lowest BCUT2D eigenvalue weighted by molar-refractivity contribution is -0.132. The van der Waals surface area contributed by atoms with Gasteiger partial charge in [0.25, 0.3) is 5.78 Å². The Hall–Kier alpha value is -5.19. The van der Waals surface area contributed by atoms with Gasteiger partial charge in [-0.3, -0.25) is 14.5 Å². The van der Waals surface area contributed by atoms with Crippen molar-refractivity contribution in [3.05, 3.63) is 149 Å². The van der Waals surface area contributed by atoms with Crippen molar-refractivity contribution >= 4 is 45.7 Å². The molecule has 5 aromatic rings. The van der Waals surface area contributed by atoms with Crippen molar-refractivity contribution in [1.29, 1.82) is 0 Å². The van der Waals surface area contributed by atoms with Crippen LogP contribution in [0.1, 0.15) is 33.9 Å². The fourth-order valence-corrected chi connectivity index (χ4v) is 6.95. The lowest BCUT2D eigenvalue weighted by atomic mass is 9.95. The Morgan fingerprint density at radius 3 is 2.32 bits per heavy atom. The van der Waals surface area contributed by atoms with E-state index < -0.39 is 17.7 Å². The molecule has 6 rings (SSSR count). The highest BCUT2D eigenvalue weighted by molar-refractivity contribution is 8.00. The number of ketones is 1. The molecule has 1 aromatic heterocycles. The summed E-state index contributed by atoms with van der Waals surface area (Å²) >= 11 is 2.72. The molecule has 0 radical (unpaired) electrons. The van der Waals surface area contributed by atoms with Crippen LogP contribution in [0, 0.1) is 6.92 Å². The first kappa shape index (κ1) is 31.8. The van der Waals surface area contributed by atoms with Crippen LogP contribution in [0.5, 0.6) is 11.5 Å². The first-order chi connectivity index (χ1) is 22.9. The third-order valence-corrected chi connectivity index (χ3v) is 9.73. The molecule has 47 heavy (non-hydrogen) atoms. The lowest BCUT2D eigenvalue weighted by Gasteiger charge is -2.22. The highest BCUT2D eigenvalue weighted by Crippen LogP contribution is 2.44. The molecule has 0 saturated carbocycles. The minimum Gasteiger partial charge on any atom is -0.507 e. The summed E-state index contributed by atoms with van der Waals surface area (Å²) in [5, 5.41) is 20.5. The monoisotopic (exact) mass is 661 g/mol. The fourth-order valence-electron chi connectivity index (χ4n) is 5.12. The van der Waals surface area contributed by atoms with Gasteiger partial charge in [0, 0.05) is 11.3 Å². The molecule has 0 bridgehead atoms. The second kappa shape index (κ2) is 14.5. The molecule has 1 N–H and O–H groups in total. The first-order valence-electron chi connectivity index (χ1n) is 14.9. The van der Waals surface area contributed by atoms with E-state index in [0.29, 0.717) is 45.9 Å². The van der Waals surface area contributed by atoms with E-state index in [4.69, 9.17) is 9.47 Å². The van der Waals surface area contributed by atoms with E-state index in [1.807, 2.05) is 61.5 Å². The van der Waals surface area contributed by atoms with Gasteiger partial charge in [0.15, 0.2) is 4.34 Å². The third-order valence-electron chi connectivity index (χ3n) is 7.60. The summed E-state index contributed by atoms with van der Waals surface area (Å²) in [4.78, 5) is 28.6. The summed E-state index contributed by atoms with van der Waals surface area (Å²) in [6.07, 6.45) is 1.64. The number of thioether (sulfide) groups is 1. The minimum absolute atomic E-state index is 0.0444. The summed E-state index contributed by atoms with van der Waals surface area (Å²) < 4.78 is 12.3. The van der Waals surface area contributed by atoms with Gasteiger partial charge in [-0.1, -0.05) is 102 Å². The molecular weight excluding hydrogens is 631 g/mol. The summed E-state index contributed by atoms with van der Waals surface area (Å²) in [5.41, 5.74) is 4.25. The number of aromatic nitrogens is 2. The van der Waals surface area contributed by atoms with Crippen LogP contribution in [0.15, 0.2) is 126 Å². The summed E-state index contributed by atoms with van der Waals surface area (Å²) in [7, 11) is 0. The maximum atomic E-state index is 13.7. The number of aliphatic hydroxyl groups is 1. The lowest BCUT2D eigenvalue weighted by Crippen LogP contribution is -2.29. The van der Waals surface area contributed by atoms with Gasteiger partial charge in [0.2, 0.25) is 5.13 Å². The van der Waals surface area contributed by atoms with Gasteiger partial charge < -0.3 is 14.6 Å². The van der Waals surface area contributed by atoms with Crippen LogP contribution in [0.25, 0.3) is 5.76 Å².